The lowest BCUT2D eigenvalue weighted by Crippen LogP contribution is -2.52. The molecule has 3 amide bonds. The van der Waals surface area contributed by atoms with E-state index in [1.54, 1.807) is 23.1 Å². The van der Waals surface area contributed by atoms with Crippen molar-refractivity contribution < 1.29 is 19.4 Å². The summed E-state index contributed by atoms with van der Waals surface area (Å²) in [6, 6.07) is 5.05. The van der Waals surface area contributed by atoms with Gasteiger partial charge in [-0.2, -0.15) is 0 Å². The maximum atomic E-state index is 12.6. The highest BCUT2D eigenvalue weighted by Gasteiger charge is 2.43. The maximum absolute atomic E-state index is 12.6. The lowest BCUT2D eigenvalue weighted by atomic mass is 9.69. The number of aliphatic hydroxyl groups is 1. The smallest absolute Gasteiger partial charge is 0.321 e. The predicted molar refractivity (Wildman–Crippen MR) is 92.7 cm³/mol. The molecule has 4 rings (SSSR count). The zero-order valence-corrected chi connectivity index (χ0v) is 14.1. The van der Waals surface area contributed by atoms with Crippen LogP contribution < -0.4 is 15.4 Å². The van der Waals surface area contributed by atoms with Crippen LogP contribution in [0.25, 0.3) is 0 Å². The molecule has 3 aliphatic rings. The zero-order chi connectivity index (χ0) is 17.4. The molecule has 3 N–H and O–H groups in total. The van der Waals surface area contributed by atoms with Crippen LogP contribution >= 0.6 is 0 Å². The van der Waals surface area contributed by atoms with Gasteiger partial charge in [-0.05, 0) is 43.7 Å². The first kappa shape index (κ1) is 16.2. The Morgan fingerprint density at radius 3 is 2.76 bits per heavy atom. The van der Waals surface area contributed by atoms with Gasteiger partial charge in [-0.3, -0.25) is 4.79 Å². The van der Waals surface area contributed by atoms with Crippen molar-refractivity contribution in [3.63, 3.8) is 0 Å². The van der Waals surface area contributed by atoms with Crippen molar-refractivity contribution in [1.82, 2.24) is 4.90 Å². The number of para-hydroxylation sites is 1. The minimum atomic E-state index is -0.603. The number of ether oxygens (including phenoxy) is 1. The van der Waals surface area contributed by atoms with Gasteiger partial charge in [0, 0.05) is 13.1 Å². The quantitative estimate of drug-likeness (QED) is 0.766. The number of urea groups is 1. The number of likely N-dealkylation sites (tertiary alicyclic amines) is 1. The Bertz CT molecular complexity index is 694. The Balaban J connectivity index is 1.40. The number of anilines is 2. The first-order valence-electron chi connectivity index (χ1n) is 8.89. The van der Waals surface area contributed by atoms with Crippen molar-refractivity contribution in [2.75, 3.05) is 30.3 Å². The molecule has 0 spiro atoms. The maximum Gasteiger partial charge on any atom is 0.321 e. The Morgan fingerprint density at radius 1 is 1.32 bits per heavy atom. The molecule has 1 saturated heterocycles. The molecule has 0 atom stereocenters. The monoisotopic (exact) mass is 345 g/mol. The molecule has 0 aromatic heterocycles. The summed E-state index contributed by atoms with van der Waals surface area (Å²) in [7, 11) is 0. The highest BCUT2D eigenvalue weighted by Crippen LogP contribution is 2.42. The van der Waals surface area contributed by atoms with E-state index in [0.717, 1.165) is 12.8 Å². The van der Waals surface area contributed by atoms with Crippen molar-refractivity contribution in [3.8, 4) is 5.75 Å². The third-order valence-corrected chi connectivity index (χ3v) is 5.66. The summed E-state index contributed by atoms with van der Waals surface area (Å²) in [6.45, 7) is 1.04. The molecule has 1 saturated carbocycles. The second kappa shape index (κ2) is 6.22. The number of rotatable bonds is 2. The molecule has 1 aliphatic carbocycles. The Morgan fingerprint density at radius 2 is 2.08 bits per heavy atom. The topological polar surface area (TPSA) is 90.9 Å². The van der Waals surface area contributed by atoms with Gasteiger partial charge in [0.2, 0.25) is 0 Å². The van der Waals surface area contributed by atoms with Crippen LogP contribution in [0.2, 0.25) is 0 Å². The number of nitrogens with zero attached hydrogens (tertiary/aromatic N) is 1. The third-order valence-electron chi connectivity index (χ3n) is 5.66. The fourth-order valence-corrected chi connectivity index (χ4v) is 3.86. The standard InChI is InChI=1S/C18H23N3O4/c22-15-11-25-16-13(19-15)5-2-6-14(16)20-17(23)21-9-7-18(24,8-10-21)12-3-1-4-12/h2,5-6,12,24H,1,3-4,7-11H2,(H,19,22)(H,20,23). The van der Waals surface area contributed by atoms with Gasteiger partial charge in [0.15, 0.2) is 12.4 Å². The Labute approximate surface area is 146 Å². The molecule has 2 fully saturated rings. The molecule has 2 aliphatic heterocycles. The minimum absolute atomic E-state index is 0.0575. The second-order valence-corrected chi connectivity index (χ2v) is 7.17. The fourth-order valence-electron chi connectivity index (χ4n) is 3.86. The molecular weight excluding hydrogens is 322 g/mol. The minimum Gasteiger partial charge on any atom is -0.479 e. The van der Waals surface area contributed by atoms with Crippen molar-refractivity contribution >= 4 is 23.3 Å². The Kier molecular flexibility index (Phi) is 4.03. The number of nitrogens with one attached hydrogen (secondary N) is 2. The van der Waals surface area contributed by atoms with Gasteiger partial charge in [0.05, 0.1) is 17.0 Å². The lowest BCUT2D eigenvalue weighted by molar-refractivity contribution is -0.118. The predicted octanol–water partition coefficient (Wildman–Crippen LogP) is 2.18. The fraction of sp³-hybridized carbons (Fsp3) is 0.556. The van der Waals surface area contributed by atoms with Gasteiger partial charge >= 0.3 is 6.03 Å². The summed E-state index contributed by atoms with van der Waals surface area (Å²) in [4.78, 5) is 25.7. The van der Waals surface area contributed by atoms with E-state index >= 15 is 0 Å². The normalized spacial score (nSPS) is 22.3. The average Bonchev–Trinajstić information content (AvgIpc) is 2.53. The summed E-state index contributed by atoms with van der Waals surface area (Å²) >= 11 is 0. The number of hydrogen-bond donors (Lipinski definition) is 3. The van der Waals surface area contributed by atoms with Gasteiger partial charge in [0.25, 0.3) is 5.91 Å². The van der Waals surface area contributed by atoms with Crippen molar-refractivity contribution in [3.05, 3.63) is 18.2 Å². The molecular formula is C18H23N3O4. The Hall–Kier alpha value is -2.28. The van der Waals surface area contributed by atoms with Gasteiger partial charge in [-0.15, -0.1) is 0 Å². The first-order valence-corrected chi connectivity index (χ1v) is 8.89. The summed E-state index contributed by atoms with van der Waals surface area (Å²) in [5.41, 5.74) is 0.503. The van der Waals surface area contributed by atoms with Crippen LogP contribution in [-0.4, -0.2) is 47.2 Å². The number of amides is 3. The lowest BCUT2D eigenvalue weighted by Gasteiger charge is -2.46. The van der Waals surface area contributed by atoms with E-state index in [4.69, 9.17) is 4.74 Å². The molecule has 25 heavy (non-hydrogen) atoms. The highest BCUT2D eigenvalue weighted by molar-refractivity contribution is 5.99. The molecule has 1 aromatic carbocycles. The molecule has 0 unspecified atom stereocenters. The third kappa shape index (κ3) is 3.04. The van der Waals surface area contributed by atoms with Crippen LogP contribution in [0.1, 0.15) is 32.1 Å². The van der Waals surface area contributed by atoms with E-state index in [9.17, 15) is 14.7 Å². The largest absolute Gasteiger partial charge is 0.479 e. The van der Waals surface area contributed by atoms with Crippen LogP contribution in [0.15, 0.2) is 18.2 Å². The number of hydrogen-bond acceptors (Lipinski definition) is 4. The van der Waals surface area contributed by atoms with Crippen LogP contribution in [0.5, 0.6) is 5.75 Å². The number of carbonyl (C=O) groups is 2. The van der Waals surface area contributed by atoms with Crippen LogP contribution in [0.3, 0.4) is 0 Å². The average molecular weight is 345 g/mol. The van der Waals surface area contributed by atoms with E-state index in [2.05, 4.69) is 10.6 Å². The molecule has 134 valence electrons. The molecule has 2 heterocycles. The summed E-state index contributed by atoms with van der Waals surface area (Å²) < 4.78 is 5.46. The van der Waals surface area contributed by atoms with Crippen molar-refractivity contribution in [2.45, 2.75) is 37.7 Å². The summed E-state index contributed by atoms with van der Waals surface area (Å²) in [6.07, 6.45) is 4.66. The van der Waals surface area contributed by atoms with Gasteiger partial charge in [-0.1, -0.05) is 12.5 Å². The van der Waals surface area contributed by atoms with Crippen LogP contribution in [0, 0.1) is 5.92 Å². The first-order chi connectivity index (χ1) is 12.0. The summed E-state index contributed by atoms with van der Waals surface area (Å²) in [5, 5.41) is 16.3. The number of benzene rings is 1. The zero-order valence-electron chi connectivity index (χ0n) is 14.1. The van der Waals surface area contributed by atoms with E-state index in [0.29, 0.717) is 49.0 Å². The molecule has 0 bridgehead atoms. The number of piperidine rings is 1. The van der Waals surface area contributed by atoms with Crippen LogP contribution in [0.4, 0.5) is 16.2 Å². The van der Waals surface area contributed by atoms with Gasteiger partial charge in [0.1, 0.15) is 0 Å². The van der Waals surface area contributed by atoms with Gasteiger partial charge < -0.3 is 25.4 Å². The van der Waals surface area contributed by atoms with Gasteiger partial charge in [-0.25, -0.2) is 4.79 Å². The number of fused-ring (bicyclic) bond motifs is 1. The molecule has 7 heteroatoms. The van der Waals surface area contributed by atoms with E-state index in [1.165, 1.54) is 6.42 Å². The van der Waals surface area contributed by atoms with E-state index in [-0.39, 0.29) is 18.5 Å². The molecule has 7 nitrogen and oxygen atoms in total. The highest BCUT2D eigenvalue weighted by atomic mass is 16.5. The number of carbonyl (C=O) groups excluding carboxylic acids is 2. The molecule has 1 aromatic rings. The second-order valence-electron chi connectivity index (χ2n) is 7.17. The van der Waals surface area contributed by atoms with E-state index < -0.39 is 5.60 Å². The van der Waals surface area contributed by atoms with Crippen LogP contribution in [-0.2, 0) is 4.79 Å². The van der Waals surface area contributed by atoms with Crippen molar-refractivity contribution in [1.29, 1.82) is 0 Å². The van der Waals surface area contributed by atoms with E-state index in [1.807, 2.05) is 0 Å². The molecule has 0 radical (unpaired) electrons. The van der Waals surface area contributed by atoms with Crippen molar-refractivity contribution in [2.24, 2.45) is 5.92 Å². The summed E-state index contributed by atoms with van der Waals surface area (Å²) in [5.74, 6) is 0.677. The SMILES string of the molecule is O=C1COc2c(cccc2NC(=O)N2CCC(O)(C3CCC3)CC2)N1.